The largest absolute Gasteiger partial charge is 0.506 e. The van der Waals surface area contributed by atoms with Gasteiger partial charge in [-0.3, -0.25) is 10.1 Å². The maximum Gasteiger partial charge on any atom is 0.271 e. The molecule has 1 heterocycles. The van der Waals surface area contributed by atoms with Crippen molar-refractivity contribution in [2.45, 2.75) is 0 Å². The van der Waals surface area contributed by atoms with E-state index in [0.717, 1.165) is 11.0 Å². The number of phenols is 1. The number of phenolic OH excluding ortho intramolecular Hbond substituents is 1. The predicted octanol–water partition coefficient (Wildman–Crippen LogP) is 3.39. The summed E-state index contributed by atoms with van der Waals surface area (Å²) in [6, 6.07) is 9.93. The lowest BCUT2D eigenvalue weighted by atomic mass is 10.2. The van der Waals surface area contributed by atoms with Gasteiger partial charge < -0.3 is 10.1 Å². The van der Waals surface area contributed by atoms with Crippen LogP contribution in [-0.4, -0.2) is 26.2 Å². The maximum absolute atomic E-state index is 10.8. The number of aromatic hydroxyl groups is 1. The fourth-order valence-electron chi connectivity index (χ4n) is 1.98. The first-order valence-corrected chi connectivity index (χ1v) is 7.24. The summed E-state index contributed by atoms with van der Waals surface area (Å²) < 4.78 is 0.219. The number of rotatable bonds is 4. The van der Waals surface area contributed by atoms with Crippen LogP contribution in [0.5, 0.6) is 5.75 Å². The van der Waals surface area contributed by atoms with Crippen molar-refractivity contribution in [1.82, 2.24) is 9.97 Å². The molecular weight excluding hydrogens is 366 g/mol. The van der Waals surface area contributed by atoms with Gasteiger partial charge in [0.15, 0.2) is 0 Å². The molecule has 0 bridgehead atoms. The van der Waals surface area contributed by atoms with Crippen molar-refractivity contribution in [3.05, 3.63) is 56.5 Å². The molecule has 3 N–H and O–H groups in total. The number of nitro groups is 1. The Morgan fingerprint density at radius 1 is 1.39 bits per heavy atom. The van der Waals surface area contributed by atoms with Gasteiger partial charge in [0.2, 0.25) is 5.95 Å². The smallest absolute Gasteiger partial charge is 0.271 e. The Balaban J connectivity index is 1.83. The minimum Gasteiger partial charge on any atom is -0.506 e. The number of nitrogens with one attached hydrogen (secondary N) is 2. The normalized spacial score (nSPS) is 11.2. The van der Waals surface area contributed by atoms with Crippen LogP contribution in [-0.2, 0) is 0 Å². The summed E-state index contributed by atoms with van der Waals surface area (Å²) in [6.07, 6.45) is 1.28. The number of imidazole rings is 1. The standard InChI is InChI=1S/C14H10BrN5O3/c15-10-6-9(20(22)23)5-8(13(10)21)7-16-19-14-17-11-3-1-2-4-12(11)18-14/h1-7,21H,(H2,17,18,19). The molecule has 0 spiro atoms. The van der Waals surface area contributed by atoms with Crippen LogP contribution in [0, 0.1) is 10.1 Å². The van der Waals surface area contributed by atoms with Crippen LogP contribution in [0.25, 0.3) is 11.0 Å². The highest BCUT2D eigenvalue weighted by atomic mass is 79.9. The number of aromatic amines is 1. The third kappa shape index (κ3) is 3.14. The van der Waals surface area contributed by atoms with Gasteiger partial charge in [-0.15, -0.1) is 0 Å². The molecule has 3 rings (SSSR count). The molecule has 9 heteroatoms. The number of non-ortho nitro benzene ring substituents is 1. The molecule has 0 fully saturated rings. The second-order valence-corrected chi connectivity index (χ2v) is 5.45. The van der Waals surface area contributed by atoms with Crippen molar-refractivity contribution in [2.75, 3.05) is 5.43 Å². The predicted molar refractivity (Wildman–Crippen MR) is 89.8 cm³/mol. The molecule has 0 radical (unpaired) electrons. The van der Waals surface area contributed by atoms with Crippen LogP contribution in [0.1, 0.15) is 5.56 Å². The number of H-pyrrole nitrogens is 1. The van der Waals surface area contributed by atoms with E-state index >= 15 is 0 Å². The Morgan fingerprint density at radius 3 is 2.91 bits per heavy atom. The molecule has 0 aliphatic heterocycles. The molecular formula is C14H10BrN5O3. The van der Waals surface area contributed by atoms with E-state index in [2.05, 4.69) is 36.4 Å². The van der Waals surface area contributed by atoms with E-state index in [0.29, 0.717) is 5.95 Å². The molecule has 0 unspecified atom stereocenters. The highest BCUT2D eigenvalue weighted by Gasteiger charge is 2.13. The fourth-order valence-corrected chi connectivity index (χ4v) is 2.44. The molecule has 0 atom stereocenters. The maximum atomic E-state index is 10.8. The van der Waals surface area contributed by atoms with Crippen LogP contribution in [0.3, 0.4) is 0 Å². The number of benzene rings is 2. The van der Waals surface area contributed by atoms with E-state index in [-0.39, 0.29) is 21.5 Å². The zero-order valence-electron chi connectivity index (χ0n) is 11.5. The van der Waals surface area contributed by atoms with Crippen molar-refractivity contribution in [2.24, 2.45) is 5.10 Å². The summed E-state index contributed by atoms with van der Waals surface area (Å²) >= 11 is 3.07. The van der Waals surface area contributed by atoms with Gasteiger partial charge in [-0.25, -0.2) is 10.4 Å². The Hall–Kier alpha value is -2.94. The molecule has 0 aliphatic carbocycles. The number of para-hydroxylation sites is 2. The van der Waals surface area contributed by atoms with Crippen LogP contribution >= 0.6 is 15.9 Å². The van der Waals surface area contributed by atoms with Gasteiger partial charge >= 0.3 is 0 Å². The van der Waals surface area contributed by atoms with Crippen molar-refractivity contribution in [1.29, 1.82) is 0 Å². The van der Waals surface area contributed by atoms with E-state index in [9.17, 15) is 15.2 Å². The van der Waals surface area contributed by atoms with Crippen LogP contribution in [0.2, 0.25) is 0 Å². The molecule has 0 aliphatic rings. The zero-order valence-corrected chi connectivity index (χ0v) is 13.1. The van der Waals surface area contributed by atoms with Crippen molar-refractivity contribution in [3.8, 4) is 5.75 Å². The van der Waals surface area contributed by atoms with E-state index < -0.39 is 4.92 Å². The van der Waals surface area contributed by atoms with Crippen molar-refractivity contribution < 1.29 is 10.0 Å². The Labute approximate surface area is 138 Å². The molecule has 0 amide bonds. The van der Waals surface area contributed by atoms with Gasteiger partial charge in [-0.1, -0.05) is 12.1 Å². The lowest BCUT2D eigenvalue weighted by Crippen LogP contribution is -1.95. The molecule has 23 heavy (non-hydrogen) atoms. The average Bonchev–Trinajstić information content (AvgIpc) is 2.93. The van der Waals surface area contributed by atoms with Gasteiger partial charge in [-0.2, -0.15) is 5.10 Å². The molecule has 3 aromatic rings. The Morgan fingerprint density at radius 2 is 2.17 bits per heavy atom. The summed E-state index contributed by atoms with van der Waals surface area (Å²) in [6.45, 7) is 0. The van der Waals surface area contributed by atoms with Gasteiger partial charge in [0, 0.05) is 17.7 Å². The van der Waals surface area contributed by atoms with Crippen molar-refractivity contribution in [3.63, 3.8) is 0 Å². The fraction of sp³-hybridized carbons (Fsp3) is 0. The third-order valence-electron chi connectivity index (χ3n) is 3.05. The number of hydrogen-bond donors (Lipinski definition) is 3. The number of nitrogens with zero attached hydrogens (tertiary/aromatic N) is 3. The molecule has 0 saturated carbocycles. The lowest BCUT2D eigenvalue weighted by Gasteiger charge is -2.02. The molecule has 8 nitrogen and oxygen atoms in total. The van der Waals surface area contributed by atoms with Gasteiger partial charge in [0.1, 0.15) is 5.75 Å². The second kappa shape index (κ2) is 6.05. The lowest BCUT2D eigenvalue weighted by molar-refractivity contribution is -0.385. The van der Waals surface area contributed by atoms with E-state index in [1.807, 2.05) is 24.3 Å². The van der Waals surface area contributed by atoms with Crippen LogP contribution in [0.4, 0.5) is 11.6 Å². The number of fused-ring (bicyclic) bond motifs is 1. The minimum atomic E-state index is -0.547. The number of anilines is 1. The van der Waals surface area contributed by atoms with E-state index in [1.165, 1.54) is 18.3 Å². The zero-order chi connectivity index (χ0) is 16.4. The molecule has 116 valence electrons. The summed E-state index contributed by atoms with van der Waals surface area (Å²) in [5.41, 5.74) is 4.37. The molecule has 1 aromatic heterocycles. The topological polar surface area (TPSA) is 116 Å². The number of hydrazone groups is 1. The SMILES string of the molecule is O=[N+]([O-])c1cc(Br)c(O)c(C=NNc2nc3ccccc3[nH]2)c1. The monoisotopic (exact) mass is 375 g/mol. The summed E-state index contributed by atoms with van der Waals surface area (Å²) in [4.78, 5) is 17.6. The Kier molecular flexibility index (Phi) is 3.94. The van der Waals surface area contributed by atoms with Crippen LogP contribution in [0.15, 0.2) is 46.0 Å². The number of aromatic nitrogens is 2. The van der Waals surface area contributed by atoms with Gasteiger partial charge in [-0.05, 0) is 28.1 Å². The minimum absolute atomic E-state index is 0.134. The highest BCUT2D eigenvalue weighted by Crippen LogP contribution is 2.31. The second-order valence-electron chi connectivity index (χ2n) is 4.60. The summed E-state index contributed by atoms with van der Waals surface area (Å²) in [7, 11) is 0. The average molecular weight is 376 g/mol. The summed E-state index contributed by atoms with van der Waals surface area (Å²) in [5, 5.41) is 24.7. The quantitative estimate of drug-likeness (QED) is 0.367. The third-order valence-corrected chi connectivity index (χ3v) is 3.66. The first kappa shape index (κ1) is 15.0. The molecule has 0 saturated heterocycles. The number of halogens is 1. The van der Waals surface area contributed by atoms with Gasteiger partial charge in [0.05, 0.1) is 26.6 Å². The highest BCUT2D eigenvalue weighted by molar-refractivity contribution is 9.10. The van der Waals surface area contributed by atoms with Gasteiger partial charge in [0.25, 0.3) is 5.69 Å². The molecule has 2 aromatic carbocycles. The summed E-state index contributed by atoms with van der Waals surface area (Å²) in [5.74, 6) is 0.289. The van der Waals surface area contributed by atoms with E-state index in [1.54, 1.807) is 0 Å². The van der Waals surface area contributed by atoms with Crippen molar-refractivity contribution >= 4 is 44.8 Å². The van der Waals surface area contributed by atoms with Crippen LogP contribution < -0.4 is 5.43 Å². The first-order chi connectivity index (χ1) is 11.0. The number of hydrogen-bond acceptors (Lipinski definition) is 6. The first-order valence-electron chi connectivity index (χ1n) is 6.45. The number of nitro benzene ring substituents is 1. The van der Waals surface area contributed by atoms with E-state index in [4.69, 9.17) is 0 Å². The Bertz CT molecular complexity index is 889.